The van der Waals surface area contributed by atoms with E-state index >= 15 is 0 Å². The van der Waals surface area contributed by atoms with E-state index in [0.29, 0.717) is 5.69 Å². The Morgan fingerprint density at radius 2 is 1.81 bits per heavy atom. The highest BCUT2D eigenvalue weighted by Crippen LogP contribution is 2.28. The second-order valence-corrected chi connectivity index (χ2v) is 8.18. The van der Waals surface area contributed by atoms with E-state index in [-0.39, 0.29) is 17.7 Å². The number of hydrogen-bond acceptors (Lipinski definition) is 4. The lowest BCUT2D eigenvalue weighted by atomic mass is 10.1. The van der Waals surface area contributed by atoms with E-state index in [0.717, 1.165) is 15.4 Å². The fourth-order valence-electron chi connectivity index (χ4n) is 2.99. The zero-order chi connectivity index (χ0) is 18.9. The predicted octanol–water partition coefficient (Wildman–Crippen LogP) is 2.62. The first-order valence-corrected chi connectivity index (χ1v) is 9.75. The van der Waals surface area contributed by atoms with E-state index in [1.807, 2.05) is 32.0 Å². The van der Waals surface area contributed by atoms with Crippen LogP contribution in [0, 0.1) is 13.8 Å². The van der Waals surface area contributed by atoms with Crippen molar-refractivity contribution in [3.05, 3.63) is 59.7 Å². The molecule has 6 nitrogen and oxygen atoms in total. The number of anilines is 1. The Labute approximate surface area is 152 Å². The van der Waals surface area contributed by atoms with Crippen molar-refractivity contribution in [2.75, 3.05) is 5.32 Å². The molecule has 136 valence electrons. The summed E-state index contributed by atoms with van der Waals surface area (Å²) in [6.45, 7) is 3.76. The van der Waals surface area contributed by atoms with Crippen molar-refractivity contribution in [2.45, 2.75) is 37.6 Å². The van der Waals surface area contributed by atoms with Gasteiger partial charge >= 0.3 is 0 Å². The van der Waals surface area contributed by atoms with Gasteiger partial charge in [0.25, 0.3) is 10.0 Å². The van der Waals surface area contributed by atoms with E-state index in [9.17, 15) is 18.0 Å². The molecule has 0 unspecified atom stereocenters. The van der Waals surface area contributed by atoms with E-state index < -0.39 is 27.9 Å². The second-order valence-electron chi connectivity index (χ2n) is 6.37. The molecular formula is C19H20N2O4S. The Hall–Kier alpha value is -2.67. The van der Waals surface area contributed by atoms with Gasteiger partial charge in [-0.3, -0.25) is 9.59 Å². The fraction of sp³-hybridized carbons (Fsp3) is 0.263. The molecule has 2 amide bonds. The molecular weight excluding hydrogens is 352 g/mol. The van der Waals surface area contributed by atoms with Crippen molar-refractivity contribution in [3.63, 3.8) is 0 Å². The van der Waals surface area contributed by atoms with Crippen LogP contribution in [-0.4, -0.2) is 30.6 Å². The van der Waals surface area contributed by atoms with Gasteiger partial charge in [-0.15, -0.1) is 0 Å². The van der Waals surface area contributed by atoms with Gasteiger partial charge in [0, 0.05) is 12.1 Å². The number of sulfonamides is 1. The minimum absolute atomic E-state index is 0.000198. The molecule has 0 bridgehead atoms. The molecule has 0 radical (unpaired) electrons. The largest absolute Gasteiger partial charge is 0.324 e. The van der Waals surface area contributed by atoms with Crippen LogP contribution in [0.2, 0.25) is 0 Å². The number of carbonyl (C=O) groups excluding carboxylic acids is 2. The number of aryl methyl sites for hydroxylation is 2. The molecule has 1 N–H and O–H groups in total. The molecule has 1 atom stereocenters. The third-order valence-electron chi connectivity index (χ3n) is 4.41. The van der Waals surface area contributed by atoms with Crippen LogP contribution in [0.3, 0.4) is 0 Å². The number of benzene rings is 2. The minimum Gasteiger partial charge on any atom is -0.324 e. The van der Waals surface area contributed by atoms with Gasteiger partial charge in [-0.25, -0.2) is 12.7 Å². The maximum absolute atomic E-state index is 12.9. The molecule has 1 saturated heterocycles. The molecule has 2 aromatic carbocycles. The van der Waals surface area contributed by atoms with Crippen LogP contribution in [0.1, 0.15) is 24.0 Å². The molecule has 1 aliphatic rings. The smallest absolute Gasteiger partial charge is 0.267 e. The number of hydrogen-bond donors (Lipinski definition) is 1. The zero-order valence-corrected chi connectivity index (χ0v) is 15.4. The summed E-state index contributed by atoms with van der Waals surface area (Å²) >= 11 is 0. The van der Waals surface area contributed by atoms with E-state index in [1.165, 1.54) is 12.1 Å². The summed E-state index contributed by atoms with van der Waals surface area (Å²) in [5, 5.41) is 2.77. The van der Waals surface area contributed by atoms with Gasteiger partial charge in [-0.05, 0) is 49.6 Å². The van der Waals surface area contributed by atoms with Crippen LogP contribution < -0.4 is 5.32 Å². The number of nitrogens with zero attached hydrogens (tertiary/aromatic N) is 1. The Morgan fingerprint density at radius 3 is 2.50 bits per heavy atom. The monoisotopic (exact) mass is 372 g/mol. The molecule has 0 spiro atoms. The molecule has 2 aromatic rings. The lowest BCUT2D eigenvalue weighted by molar-refractivity contribution is -0.128. The lowest BCUT2D eigenvalue weighted by Gasteiger charge is -2.24. The summed E-state index contributed by atoms with van der Waals surface area (Å²) in [5.74, 6) is -1.06. The van der Waals surface area contributed by atoms with Gasteiger partial charge in [0.2, 0.25) is 11.8 Å². The molecule has 0 aliphatic carbocycles. The van der Waals surface area contributed by atoms with Crippen LogP contribution in [0.5, 0.6) is 0 Å². The average Bonchev–Trinajstić information content (AvgIpc) is 3.01. The molecule has 7 heteroatoms. The third kappa shape index (κ3) is 3.35. The first kappa shape index (κ1) is 18.1. The van der Waals surface area contributed by atoms with Crippen molar-refractivity contribution in [1.29, 1.82) is 0 Å². The highest BCUT2D eigenvalue weighted by atomic mass is 32.2. The Morgan fingerprint density at radius 1 is 1.12 bits per heavy atom. The van der Waals surface area contributed by atoms with Crippen LogP contribution in [-0.2, 0) is 19.6 Å². The summed E-state index contributed by atoms with van der Waals surface area (Å²) in [6, 6.07) is 12.3. The average molecular weight is 372 g/mol. The zero-order valence-electron chi connectivity index (χ0n) is 14.6. The van der Waals surface area contributed by atoms with E-state index in [1.54, 1.807) is 18.2 Å². The first-order valence-electron chi connectivity index (χ1n) is 8.31. The SMILES string of the molecule is Cc1ccc(C)c(NC(=O)[C@H]2CCC(=O)N2S(=O)(=O)c2ccccc2)c1. The third-order valence-corrected chi connectivity index (χ3v) is 6.26. The van der Waals surface area contributed by atoms with Crippen molar-refractivity contribution >= 4 is 27.5 Å². The Bertz CT molecular complexity index is 955. The summed E-state index contributed by atoms with van der Waals surface area (Å²) in [7, 11) is -4.07. The number of carbonyl (C=O) groups is 2. The number of amides is 2. The summed E-state index contributed by atoms with van der Waals surface area (Å²) < 4.78 is 26.4. The predicted molar refractivity (Wildman–Crippen MR) is 98.0 cm³/mol. The van der Waals surface area contributed by atoms with Gasteiger partial charge in [-0.1, -0.05) is 30.3 Å². The topological polar surface area (TPSA) is 83.6 Å². The fourth-order valence-corrected chi connectivity index (χ4v) is 4.62. The number of nitrogens with one attached hydrogen (secondary N) is 1. The molecule has 0 aromatic heterocycles. The molecule has 3 rings (SSSR count). The molecule has 26 heavy (non-hydrogen) atoms. The van der Waals surface area contributed by atoms with Crippen LogP contribution in [0.4, 0.5) is 5.69 Å². The van der Waals surface area contributed by atoms with Crippen molar-refractivity contribution in [2.24, 2.45) is 0 Å². The van der Waals surface area contributed by atoms with E-state index in [4.69, 9.17) is 0 Å². The molecule has 1 fully saturated rings. The quantitative estimate of drug-likeness (QED) is 0.894. The minimum atomic E-state index is -4.07. The van der Waals surface area contributed by atoms with Gasteiger partial charge in [0.05, 0.1) is 4.90 Å². The Balaban J connectivity index is 1.90. The van der Waals surface area contributed by atoms with Crippen LogP contribution in [0.15, 0.2) is 53.4 Å². The van der Waals surface area contributed by atoms with Gasteiger partial charge in [0.1, 0.15) is 6.04 Å². The normalized spacial score (nSPS) is 17.4. The van der Waals surface area contributed by atoms with Gasteiger partial charge in [0.15, 0.2) is 0 Å². The van der Waals surface area contributed by atoms with Gasteiger partial charge < -0.3 is 5.32 Å². The van der Waals surface area contributed by atoms with Crippen molar-refractivity contribution in [1.82, 2.24) is 4.31 Å². The summed E-state index contributed by atoms with van der Waals surface area (Å²) in [4.78, 5) is 25.0. The Kier molecular flexibility index (Phi) is 4.82. The van der Waals surface area contributed by atoms with E-state index in [2.05, 4.69) is 5.32 Å². The van der Waals surface area contributed by atoms with Crippen molar-refractivity contribution < 1.29 is 18.0 Å². The highest BCUT2D eigenvalue weighted by molar-refractivity contribution is 7.89. The maximum atomic E-state index is 12.9. The molecule has 1 heterocycles. The number of rotatable bonds is 4. The molecule has 1 aliphatic heterocycles. The van der Waals surface area contributed by atoms with Crippen LogP contribution >= 0.6 is 0 Å². The second kappa shape index (κ2) is 6.92. The van der Waals surface area contributed by atoms with Crippen LogP contribution in [0.25, 0.3) is 0 Å². The molecule has 0 saturated carbocycles. The maximum Gasteiger partial charge on any atom is 0.267 e. The first-order chi connectivity index (χ1) is 12.3. The summed E-state index contributed by atoms with van der Waals surface area (Å²) in [6.07, 6.45) is 0.193. The lowest BCUT2D eigenvalue weighted by Crippen LogP contribution is -2.45. The standard InChI is InChI=1S/C19H20N2O4S/c1-13-8-9-14(2)16(12-13)20-19(23)17-10-11-18(22)21(17)26(24,25)15-6-4-3-5-7-15/h3-9,12,17H,10-11H2,1-2H3,(H,20,23)/t17-/m1/s1. The highest BCUT2D eigenvalue weighted by Gasteiger charge is 2.44. The van der Waals surface area contributed by atoms with Crippen molar-refractivity contribution in [3.8, 4) is 0 Å². The van der Waals surface area contributed by atoms with Gasteiger partial charge in [-0.2, -0.15) is 0 Å². The summed E-state index contributed by atoms with van der Waals surface area (Å²) in [5.41, 5.74) is 2.46.